The average Bonchev–Trinajstić information content (AvgIpc) is 3.65. The van der Waals surface area contributed by atoms with Crippen molar-refractivity contribution in [2.24, 2.45) is 0 Å². The van der Waals surface area contributed by atoms with Crippen molar-refractivity contribution in [1.82, 2.24) is 15.6 Å². The van der Waals surface area contributed by atoms with E-state index in [1.54, 1.807) is 18.2 Å². The van der Waals surface area contributed by atoms with Crippen molar-refractivity contribution in [1.29, 1.82) is 0 Å². The first kappa shape index (κ1) is 24.0. The molecule has 3 aromatic rings. The molecule has 3 aliphatic rings. The van der Waals surface area contributed by atoms with Gasteiger partial charge in [-0.05, 0) is 54.7 Å². The first-order chi connectivity index (χ1) is 18.0. The van der Waals surface area contributed by atoms with Gasteiger partial charge in [0.1, 0.15) is 24.0 Å². The maximum atomic E-state index is 15.1. The number of halogens is 2. The Kier molecular flexibility index (Phi) is 6.38. The molecule has 2 aromatic carbocycles. The molecule has 1 saturated heterocycles. The number of nitrogens with zero attached hydrogens (tertiary/aromatic N) is 2. The van der Waals surface area contributed by atoms with Crippen LogP contribution in [0.5, 0.6) is 5.75 Å². The molecule has 3 heterocycles. The number of aromatic nitrogens is 1. The van der Waals surface area contributed by atoms with Crippen LogP contribution in [0.2, 0.25) is 5.02 Å². The summed E-state index contributed by atoms with van der Waals surface area (Å²) in [6.07, 6.45) is 4.33. The van der Waals surface area contributed by atoms with E-state index in [1.165, 1.54) is 6.20 Å². The Hall–Kier alpha value is -3.36. The second kappa shape index (κ2) is 9.84. The molecule has 37 heavy (non-hydrogen) atoms. The molecular formula is C28H29ClFN5O2. The number of anilines is 2. The fourth-order valence-corrected chi connectivity index (χ4v) is 5.31. The van der Waals surface area contributed by atoms with E-state index in [-0.39, 0.29) is 23.3 Å². The fraction of sp³-hybridized carbons (Fsp3) is 0.357. The van der Waals surface area contributed by atoms with Gasteiger partial charge in [-0.2, -0.15) is 0 Å². The molecule has 2 fully saturated rings. The van der Waals surface area contributed by atoms with Crippen molar-refractivity contribution in [3.05, 3.63) is 82.3 Å². The third-order valence-corrected chi connectivity index (χ3v) is 7.75. The number of hydrogen-bond acceptors (Lipinski definition) is 6. The van der Waals surface area contributed by atoms with Crippen molar-refractivity contribution >= 4 is 29.0 Å². The van der Waals surface area contributed by atoms with Crippen molar-refractivity contribution in [2.75, 3.05) is 36.5 Å². The minimum absolute atomic E-state index is 0.162. The molecule has 1 spiro atoms. The van der Waals surface area contributed by atoms with E-state index in [1.807, 2.05) is 30.3 Å². The predicted molar refractivity (Wildman–Crippen MR) is 142 cm³/mol. The third kappa shape index (κ3) is 5.22. The SMILES string of the molecule is O=C(N[C@@H]1COc2cc(N3CCNC4(CC4)C3)c(F)cc2C1)c1ccc(NCc2ccccc2Cl)nc1. The van der Waals surface area contributed by atoms with Gasteiger partial charge < -0.3 is 25.6 Å². The Labute approximate surface area is 220 Å². The minimum Gasteiger partial charge on any atom is -0.491 e. The number of carbonyl (C=O) groups is 1. The zero-order valence-electron chi connectivity index (χ0n) is 20.4. The van der Waals surface area contributed by atoms with E-state index >= 15 is 4.39 Å². The van der Waals surface area contributed by atoms with Gasteiger partial charge in [0.15, 0.2) is 0 Å². The van der Waals surface area contributed by atoms with Crippen LogP contribution in [-0.4, -0.2) is 48.7 Å². The van der Waals surface area contributed by atoms with Crippen molar-refractivity contribution in [2.45, 2.75) is 37.4 Å². The fourth-order valence-electron chi connectivity index (χ4n) is 5.10. The molecule has 1 aliphatic carbocycles. The van der Waals surface area contributed by atoms with E-state index in [4.69, 9.17) is 16.3 Å². The maximum absolute atomic E-state index is 15.1. The van der Waals surface area contributed by atoms with Crippen LogP contribution in [0.4, 0.5) is 15.9 Å². The molecular weight excluding hydrogens is 493 g/mol. The summed E-state index contributed by atoms with van der Waals surface area (Å²) in [7, 11) is 0. The number of piperazine rings is 1. The van der Waals surface area contributed by atoms with Gasteiger partial charge in [-0.25, -0.2) is 9.37 Å². The molecule has 192 valence electrons. The van der Waals surface area contributed by atoms with Gasteiger partial charge in [0.25, 0.3) is 5.91 Å². The number of hydrogen-bond donors (Lipinski definition) is 3. The number of fused-ring (bicyclic) bond motifs is 1. The highest BCUT2D eigenvalue weighted by atomic mass is 35.5. The lowest BCUT2D eigenvalue weighted by Gasteiger charge is -2.36. The van der Waals surface area contributed by atoms with Gasteiger partial charge in [0.2, 0.25) is 0 Å². The lowest BCUT2D eigenvalue weighted by atomic mass is 10.0. The van der Waals surface area contributed by atoms with Crippen molar-refractivity contribution in [3.8, 4) is 5.75 Å². The van der Waals surface area contributed by atoms with Crippen LogP contribution in [-0.2, 0) is 13.0 Å². The number of carbonyl (C=O) groups excluding carboxylic acids is 1. The molecule has 1 aromatic heterocycles. The smallest absolute Gasteiger partial charge is 0.253 e. The van der Waals surface area contributed by atoms with Crippen molar-refractivity contribution < 1.29 is 13.9 Å². The number of pyridine rings is 1. The Morgan fingerprint density at radius 3 is 2.89 bits per heavy atom. The molecule has 1 atom stereocenters. The number of rotatable bonds is 6. The van der Waals surface area contributed by atoms with Gasteiger partial charge in [-0.15, -0.1) is 0 Å². The average molecular weight is 522 g/mol. The van der Waals surface area contributed by atoms with Crippen LogP contribution >= 0.6 is 11.6 Å². The molecule has 2 aliphatic heterocycles. The Morgan fingerprint density at radius 2 is 2.11 bits per heavy atom. The summed E-state index contributed by atoms with van der Waals surface area (Å²) in [5, 5.41) is 10.5. The van der Waals surface area contributed by atoms with Gasteiger partial charge in [-0.3, -0.25) is 4.79 Å². The molecule has 0 bridgehead atoms. The summed E-state index contributed by atoms with van der Waals surface area (Å²) < 4.78 is 21.1. The second-order valence-electron chi connectivity index (χ2n) is 10.1. The quantitative estimate of drug-likeness (QED) is 0.452. The van der Waals surface area contributed by atoms with E-state index in [2.05, 4.69) is 25.8 Å². The van der Waals surface area contributed by atoms with E-state index < -0.39 is 0 Å². The van der Waals surface area contributed by atoms with Gasteiger partial charge in [-0.1, -0.05) is 29.8 Å². The normalized spacial score (nSPS) is 19.6. The molecule has 6 rings (SSSR count). The number of nitrogens with one attached hydrogen (secondary N) is 3. The standard InChI is InChI=1S/C28H29ClFN5O2/c29-22-4-2-1-3-18(22)14-31-26-6-5-19(15-32-26)27(36)34-21-11-20-12-23(30)24(13-25(20)37-16-21)35-10-9-33-28(17-35)7-8-28/h1-6,12-13,15,21,33H,7-11,14,16-17H2,(H,31,32)(H,34,36)/t21-/m0/s1. The summed E-state index contributed by atoms with van der Waals surface area (Å²) in [6.45, 7) is 3.33. The van der Waals surface area contributed by atoms with Crippen molar-refractivity contribution in [3.63, 3.8) is 0 Å². The number of ether oxygens (including phenoxy) is 1. The van der Waals surface area contributed by atoms with E-state index in [0.717, 1.165) is 43.6 Å². The lowest BCUT2D eigenvalue weighted by Crippen LogP contribution is -2.52. The maximum Gasteiger partial charge on any atom is 0.253 e. The van der Waals surface area contributed by atoms with Crippen LogP contribution in [0.1, 0.15) is 34.3 Å². The topological polar surface area (TPSA) is 78.5 Å². The van der Waals surface area contributed by atoms with Crippen LogP contribution in [0.3, 0.4) is 0 Å². The predicted octanol–water partition coefficient (Wildman–Crippen LogP) is 4.16. The molecule has 3 N–H and O–H groups in total. The summed E-state index contributed by atoms with van der Waals surface area (Å²) in [6, 6.07) is 14.2. The second-order valence-corrected chi connectivity index (χ2v) is 10.5. The monoisotopic (exact) mass is 521 g/mol. The number of amides is 1. The van der Waals surface area contributed by atoms with Crippen LogP contribution in [0.15, 0.2) is 54.7 Å². The van der Waals surface area contributed by atoms with E-state index in [0.29, 0.717) is 47.4 Å². The highest BCUT2D eigenvalue weighted by Crippen LogP contribution is 2.40. The van der Waals surface area contributed by atoms with Gasteiger partial charge in [0.05, 0.1) is 17.3 Å². The largest absolute Gasteiger partial charge is 0.491 e. The van der Waals surface area contributed by atoms with Crippen LogP contribution in [0.25, 0.3) is 0 Å². The molecule has 0 radical (unpaired) electrons. The number of benzene rings is 2. The first-order valence-electron chi connectivity index (χ1n) is 12.7. The summed E-state index contributed by atoms with van der Waals surface area (Å²) in [5.74, 6) is 0.863. The summed E-state index contributed by atoms with van der Waals surface area (Å²) >= 11 is 6.20. The molecule has 7 nitrogen and oxygen atoms in total. The molecule has 9 heteroatoms. The van der Waals surface area contributed by atoms with Crippen LogP contribution in [0, 0.1) is 5.82 Å². The Balaban J connectivity index is 1.06. The molecule has 0 unspecified atom stereocenters. The molecule has 1 saturated carbocycles. The van der Waals surface area contributed by atoms with Crippen LogP contribution < -0.4 is 25.6 Å². The minimum atomic E-state index is -0.253. The van der Waals surface area contributed by atoms with Gasteiger partial charge in [0, 0.05) is 49.0 Å². The highest BCUT2D eigenvalue weighted by Gasteiger charge is 2.46. The summed E-state index contributed by atoms with van der Waals surface area (Å²) in [4.78, 5) is 19.3. The van der Waals surface area contributed by atoms with Gasteiger partial charge >= 0.3 is 0 Å². The summed E-state index contributed by atoms with van der Waals surface area (Å²) in [5.41, 5.74) is 2.95. The Morgan fingerprint density at radius 1 is 1.24 bits per heavy atom. The third-order valence-electron chi connectivity index (χ3n) is 7.38. The Bertz CT molecular complexity index is 1310. The lowest BCUT2D eigenvalue weighted by molar-refractivity contribution is 0.0915. The highest BCUT2D eigenvalue weighted by molar-refractivity contribution is 6.31. The molecule has 1 amide bonds. The zero-order valence-corrected chi connectivity index (χ0v) is 21.2. The zero-order chi connectivity index (χ0) is 25.4. The van der Waals surface area contributed by atoms with E-state index in [9.17, 15) is 4.79 Å². The first-order valence-corrected chi connectivity index (χ1v) is 13.1.